The lowest BCUT2D eigenvalue weighted by Gasteiger charge is -2.08. The molecule has 0 saturated carbocycles. The highest BCUT2D eigenvalue weighted by molar-refractivity contribution is 5.96. The average molecular weight is 736 g/mol. The van der Waals surface area contributed by atoms with E-state index < -0.39 is 0 Å². The predicted molar refractivity (Wildman–Crippen MR) is 216 cm³/mol. The fourth-order valence-electron chi connectivity index (χ4n) is 7.04. The molecule has 0 unspecified atom stereocenters. The topological polar surface area (TPSA) is 185 Å². The van der Waals surface area contributed by atoms with E-state index in [-0.39, 0.29) is 11.8 Å². The summed E-state index contributed by atoms with van der Waals surface area (Å²) in [6.07, 6.45) is 9.17. The first kappa shape index (κ1) is 33.0. The van der Waals surface area contributed by atoms with Gasteiger partial charge in [0.05, 0.1) is 67.8 Å². The second-order valence-corrected chi connectivity index (χ2v) is 14.2. The third-order valence-electron chi connectivity index (χ3n) is 9.74. The lowest BCUT2D eigenvalue weighted by molar-refractivity contribution is -0.116. The molecule has 0 saturated heterocycles. The van der Waals surface area contributed by atoms with Gasteiger partial charge in [0, 0.05) is 42.3 Å². The van der Waals surface area contributed by atoms with Crippen LogP contribution in [0.1, 0.15) is 25.8 Å². The maximum absolute atomic E-state index is 12.5. The van der Waals surface area contributed by atoms with Gasteiger partial charge in [-0.2, -0.15) is 10.2 Å². The molecule has 0 aliphatic rings. The summed E-state index contributed by atoms with van der Waals surface area (Å²) in [7, 11) is 0. The zero-order chi connectivity index (χ0) is 37.9. The van der Waals surface area contributed by atoms with Crippen molar-refractivity contribution in [2.45, 2.75) is 27.2 Å². The first-order valence-corrected chi connectivity index (χ1v) is 18.2. The van der Waals surface area contributed by atoms with E-state index in [0.29, 0.717) is 40.5 Å². The van der Waals surface area contributed by atoms with E-state index in [0.717, 1.165) is 72.4 Å². The van der Waals surface area contributed by atoms with Crippen LogP contribution in [-0.2, 0) is 4.79 Å². The van der Waals surface area contributed by atoms with Crippen molar-refractivity contribution in [3.05, 3.63) is 109 Å². The molecule has 0 aliphatic heterocycles. The number of pyridine rings is 6. The number of aryl methyl sites for hydroxylation is 1. The highest BCUT2D eigenvalue weighted by atomic mass is 16.1. The van der Waals surface area contributed by atoms with Crippen LogP contribution in [0.15, 0.2) is 104 Å². The molecule has 10 aromatic heterocycles. The molecule has 272 valence electrons. The van der Waals surface area contributed by atoms with E-state index in [1.165, 1.54) is 0 Å². The van der Waals surface area contributed by atoms with Crippen molar-refractivity contribution in [2.75, 3.05) is 5.32 Å². The minimum Gasteiger partial charge on any atom is -0.352 e. The lowest BCUT2D eigenvalue weighted by atomic mass is 10.1. The predicted octanol–water partition coefficient (Wildman–Crippen LogP) is 8.20. The van der Waals surface area contributed by atoms with Crippen molar-refractivity contribution in [1.82, 2.24) is 59.8 Å². The van der Waals surface area contributed by atoms with Gasteiger partial charge in [0.2, 0.25) is 5.91 Å². The molecular formula is C42H33N13O. The first-order valence-electron chi connectivity index (χ1n) is 18.2. The Balaban J connectivity index is 1.06. The van der Waals surface area contributed by atoms with Crippen molar-refractivity contribution < 1.29 is 4.79 Å². The molecule has 0 aliphatic carbocycles. The van der Waals surface area contributed by atoms with Crippen LogP contribution in [0.2, 0.25) is 0 Å². The molecule has 10 aromatic rings. The molecule has 0 spiro atoms. The number of nitrogens with one attached hydrogen (secondary N) is 4. The molecule has 0 radical (unpaired) electrons. The van der Waals surface area contributed by atoms with Gasteiger partial charge in [-0.3, -0.25) is 24.8 Å². The van der Waals surface area contributed by atoms with Crippen molar-refractivity contribution in [2.24, 2.45) is 5.92 Å². The summed E-state index contributed by atoms with van der Waals surface area (Å²) < 4.78 is 1.81. The summed E-state index contributed by atoms with van der Waals surface area (Å²) in [6.45, 7) is 6.07. The summed E-state index contributed by atoms with van der Waals surface area (Å²) in [5, 5.41) is 15.8. The van der Waals surface area contributed by atoms with E-state index in [9.17, 15) is 4.79 Å². The number of nitrogens with zero attached hydrogens (tertiary/aromatic N) is 9. The quantitative estimate of drug-likeness (QED) is 0.119. The summed E-state index contributed by atoms with van der Waals surface area (Å²) in [4.78, 5) is 47.9. The molecule has 10 rings (SSSR count). The zero-order valence-electron chi connectivity index (χ0n) is 30.5. The lowest BCUT2D eigenvalue weighted by Crippen LogP contribution is -2.14. The Bertz CT molecular complexity index is 3100. The number of carbonyl (C=O) groups is 1. The molecule has 0 fully saturated rings. The number of anilines is 1. The van der Waals surface area contributed by atoms with Gasteiger partial charge in [0.25, 0.3) is 0 Å². The fourth-order valence-corrected chi connectivity index (χ4v) is 7.04. The van der Waals surface area contributed by atoms with Crippen molar-refractivity contribution in [3.8, 4) is 51.1 Å². The maximum Gasteiger partial charge on any atom is 0.224 e. The van der Waals surface area contributed by atoms with E-state index in [2.05, 4.69) is 40.4 Å². The molecule has 14 nitrogen and oxygen atoms in total. The van der Waals surface area contributed by atoms with Gasteiger partial charge in [0.1, 0.15) is 22.4 Å². The highest BCUT2D eigenvalue weighted by Crippen LogP contribution is 2.34. The molecule has 10 heterocycles. The molecule has 14 heteroatoms. The number of fused-ring (bicyclic) bond motifs is 4. The molecule has 1 amide bonds. The molecule has 0 aromatic carbocycles. The monoisotopic (exact) mass is 735 g/mol. The number of aromatic nitrogens is 12. The minimum atomic E-state index is -0.0585. The maximum atomic E-state index is 12.5. The largest absolute Gasteiger partial charge is 0.352 e. The van der Waals surface area contributed by atoms with E-state index in [4.69, 9.17) is 20.1 Å². The molecule has 56 heavy (non-hydrogen) atoms. The SMILES string of the molecule is Cc1ccncc1-c1ccc2[nH]nc(-c3cc4nc(-n5nc(-c6cc7ncccc7[nH]6)c6nc(-c7cncc(NC(=O)CC(C)C)c7)ccc65)ccc4[nH]3)c2n1. The second kappa shape index (κ2) is 13.1. The summed E-state index contributed by atoms with van der Waals surface area (Å²) >= 11 is 0. The normalized spacial score (nSPS) is 11.8. The molecule has 0 bridgehead atoms. The van der Waals surface area contributed by atoms with Gasteiger partial charge in [-0.1, -0.05) is 13.8 Å². The minimum absolute atomic E-state index is 0.0585. The first-order chi connectivity index (χ1) is 27.3. The number of H-pyrrole nitrogens is 3. The highest BCUT2D eigenvalue weighted by Gasteiger charge is 2.21. The number of rotatable bonds is 8. The van der Waals surface area contributed by atoms with Crippen molar-refractivity contribution in [1.29, 1.82) is 0 Å². The van der Waals surface area contributed by atoms with Crippen LogP contribution < -0.4 is 5.32 Å². The van der Waals surface area contributed by atoms with Gasteiger partial charge >= 0.3 is 0 Å². The van der Waals surface area contributed by atoms with Crippen LogP contribution in [-0.4, -0.2) is 65.8 Å². The number of carbonyl (C=O) groups excluding carboxylic acids is 1. The fraction of sp³-hybridized carbons (Fsp3) is 0.119. The Morgan fingerprint density at radius 3 is 2.43 bits per heavy atom. The van der Waals surface area contributed by atoms with E-state index in [1.807, 2.05) is 99.8 Å². The summed E-state index contributed by atoms with van der Waals surface area (Å²) in [6, 6.07) is 23.5. The molecular weight excluding hydrogens is 703 g/mol. The Morgan fingerprint density at radius 1 is 0.768 bits per heavy atom. The van der Waals surface area contributed by atoms with Gasteiger partial charge in [-0.05, 0) is 91.2 Å². The van der Waals surface area contributed by atoms with Crippen LogP contribution in [0.3, 0.4) is 0 Å². The number of hydrogen-bond acceptors (Lipinski definition) is 9. The van der Waals surface area contributed by atoms with Crippen LogP contribution in [0.4, 0.5) is 5.69 Å². The number of amides is 1. The number of aromatic amines is 3. The van der Waals surface area contributed by atoms with Gasteiger partial charge in [0.15, 0.2) is 5.82 Å². The van der Waals surface area contributed by atoms with Crippen LogP contribution in [0.25, 0.3) is 95.2 Å². The zero-order valence-corrected chi connectivity index (χ0v) is 30.5. The number of hydrogen-bond donors (Lipinski definition) is 4. The van der Waals surface area contributed by atoms with Gasteiger partial charge in [-0.15, -0.1) is 0 Å². The summed E-state index contributed by atoms with van der Waals surface area (Å²) in [5.41, 5.74) is 14.1. The van der Waals surface area contributed by atoms with E-state index >= 15 is 0 Å². The Labute approximate surface area is 318 Å². The van der Waals surface area contributed by atoms with Crippen LogP contribution in [0.5, 0.6) is 0 Å². The molecule has 4 N–H and O–H groups in total. The van der Waals surface area contributed by atoms with Crippen LogP contribution >= 0.6 is 0 Å². The Morgan fingerprint density at radius 2 is 1.57 bits per heavy atom. The van der Waals surface area contributed by atoms with Crippen molar-refractivity contribution >= 4 is 55.7 Å². The smallest absolute Gasteiger partial charge is 0.224 e. The molecule has 0 atom stereocenters. The Hall–Kier alpha value is -7.61. The standard InChI is InChI=1S/C42H33N13O/c1-22(2)15-38(56)46-25-16-24(19-44-20-25)27-8-10-36-42(50-27)41(35-17-32-29(47-35)5-4-13-45-32)54-55(36)37-11-9-30-33(49-37)18-34(48-30)40-39-31(52-53-40)7-6-28(51-39)26-21-43-14-12-23(26)3/h4-14,16-22,47-48H,15H2,1-3H3,(H,46,56)(H,52,53). The second-order valence-electron chi connectivity index (χ2n) is 14.2. The van der Waals surface area contributed by atoms with Crippen LogP contribution in [0, 0.1) is 12.8 Å². The third-order valence-corrected chi connectivity index (χ3v) is 9.74. The van der Waals surface area contributed by atoms with Crippen molar-refractivity contribution in [3.63, 3.8) is 0 Å². The van der Waals surface area contributed by atoms with Gasteiger partial charge in [-0.25, -0.2) is 19.6 Å². The summed E-state index contributed by atoms with van der Waals surface area (Å²) in [5.74, 6) is 0.792. The van der Waals surface area contributed by atoms with Gasteiger partial charge < -0.3 is 15.3 Å². The Kier molecular flexibility index (Phi) is 7.69. The van der Waals surface area contributed by atoms with E-state index in [1.54, 1.807) is 29.5 Å². The average Bonchev–Trinajstić information content (AvgIpc) is 4.00. The third kappa shape index (κ3) is 5.80.